The van der Waals surface area contributed by atoms with Crippen molar-refractivity contribution in [3.05, 3.63) is 28.7 Å². The van der Waals surface area contributed by atoms with E-state index in [2.05, 4.69) is 5.32 Å². The summed E-state index contributed by atoms with van der Waals surface area (Å²) in [6.45, 7) is 1.89. The molecule has 1 aromatic carbocycles. The second-order valence-corrected chi connectivity index (χ2v) is 5.11. The second kappa shape index (κ2) is 4.40. The van der Waals surface area contributed by atoms with Gasteiger partial charge in [-0.1, -0.05) is 0 Å². The average Bonchev–Trinajstić information content (AvgIpc) is 2.65. The monoisotopic (exact) mass is 264 g/mol. The summed E-state index contributed by atoms with van der Waals surface area (Å²) in [5.74, 6) is -0.369. The molecule has 0 radical (unpaired) electrons. The Bertz CT molecular complexity index is 649. The zero-order valence-electron chi connectivity index (χ0n) is 10.7. The summed E-state index contributed by atoms with van der Waals surface area (Å²) in [4.78, 5) is 11.4. The van der Waals surface area contributed by atoms with Crippen molar-refractivity contribution in [1.29, 1.82) is 0 Å². The van der Waals surface area contributed by atoms with Gasteiger partial charge in [0.2, 0.25) is 0 Å². The van der Waals surface area contributed by atoms with E-state index in [1.165, 1.54) is 4.57 Å². The van der Waals surface area contributed by atoms with Gasteiger partial charge in [0, 0.05) is 19.3 Å². The molecule has 1 aliphatic rings. The maximum Gasteiger partial charge on any atom is 0.419 e. The fraction of sp³-hybridized carbons (Fsp3) is 0.462. The van der Waals surface area contributed by atoms with Crippen molar-refractivity contribution in [1.82, 2.24) is 4.57 Å². The smallest absolute Gasteiger partial charge is 0.408 e. The van der Waals surface area contributed by atoms with Crippen LogP contribution in [0.25, 0.3) is 11.1 Å². The van der Waals surface area contributed by atoms with E-state index in [-0.39, 0.29) is 17.8 Å². The molecule has 102 valence electrons. The Morgan fingerprint density at radius 1 is 1.47 bits per heavy atom. The number of oxazole rings is 1. The van der Waals surface area contributed by atoms with Crippen LogP contribution in [-0.4, -0.2) is 36.0 Å². The Labute approximate surface area is 109 Å². The molecule has 1 aromatic heterocycles. The Kier molecular flexibility index (Phi) is 2.83. The van der Waals surface area contributed by atoms with E-state index in [1.54, 1.807) is 13.1 Å². The van der Waals surface area contributed by atoms with Crippen LogP contribution in [0.15, 0.2) is 27.4 Å². The number of rotatable bonds is 4. The molecule has 2 heterocycles. The zero-order valence-corrected chi connectivity index (χ0v) is 10.7. The number of nitrogens with zero attached hydrogens (tertiary/aromatic N) is 1. The summed E-state index contributed by atoms with van der Waals surface area (Å²) >= 11 is 0. The van der Waals surface area contributed by atoms with Gasteiger partial charge in [-0.3, -0.25) is 4.57 Å². The van der Waals surface area contributed by atoms with E-state index in [0.29, 0.717) is 25.3 Å². The number of hydrogen-bond acceptors (Lipinski definition) is 5. The van der Waals surface area contributed by atoms with Crippen molar-refractivity contribution in [2.75, 3.05) is 31.7 Å². The lowest BCUT2D eigenvalue weighted by atomic mass is 9.87. The summed E-state index contributed by atoms with van der Waals surface area (Å²) in [6, 6.07) is 5.49. The van der Waals surface area contributed by atoms with Crippen LogP contribution >= 0.6 is 0 Å². The zero-order chi connectivity index (χ0) is 13.5. The standard InChI is InChI=1S/C13H16N2O4/c1-15-10-4-9(2-3-11(10)19-12(15)17)14-5-13(6-16)7-18-8-13/h2-4,14,16H,5-8H2,1H3. The van der Waals surface area contributed by atoms with Gasteiger partial charge in [0.05, 0.1) is 30.8 Å². The maximum atomic E-state index is 11.4. The van der Waals surface area contributed by atoms with Crippen LogP contribution < -0.4 is 11.1 Å². The lowest BCUT2D eigenvalue weighted by Crippen LogP contribution is -2.50. The van der Waals surface area contributed by atoms with E-state index >= 15 is 0 Å². The summed E-state index contributed by atoms with van der Waals surface area (Å²) in [6.07, 6.45) is 0. The highest BCUT2D eigenvalue weighted by Gasteiger charge is 2.37. The van der Waals surface area contributed by atoms with Crippen LogP contribution in [0.1, 0.15) is 0 Å². The van der Waals surface area contributed by atoms with E-state index < -0.39 is 0 Å². The molecule has 19 heavy (non-hydrogen) atoms. The van der Waals surface area contributed by atoms with Gasteiger partial charge in [-0.2, -0.15) is 0 Å². The van der Waals surface area contributed by atoms with Gasteiger partial charge in [0.15, 0.2) is 5.58 Å². The second-order valence-electron chi connectivity index (χ2n) is 5.11. The molecule has 1 saturated heterocycles. The van der Waals surface area contributed by atoms with E-state index in [9.17, 15) is 9.90 Å². The van der Waals surface area contributed by atoms with Crippen molar-refractivity contribution in [3.8, 4) is 0 Å². The molecule has 2 N–H and O–H groups in total. The first kappa shape index (κ1) is 12.3. The Balaban J connectivity index is 1.81. The SMILES string of the molecule is Cn1c(=O)oc2ccc(NCC3(CO)COC3)cc21. The molecular formula is C13H16N2O4. The summed E-state index contributed by atoms with van der Waals surface area (Å²) in [7, 11) is 1.67. The first-order valence-electron chi connectivity index (χ1n) is 6.16. The molecule has 0 atom stereocenters. The van der Waals surface area contributed by atoms with Crippen LogP contribution in [0.4, 0.5) is 5.69 Å². The number of aliphatic hydroxyl groups is 1. The molecule has 6 nitrogen and oxygen atoms in total. The molecule has 6 heteroatoms. The van der Waals surface area contributed by atoms with Crippen molar-refractivity contribution in [3.63, 3.8) is 0 Å². The summed E-state index contributed by atoms with van der Waals surface area (Å²) < 4.78 is 11.7. The quantitative estimate of drug-likeness (QED) is 0.843. The fourth-order valence-corrected chi connectivity index (χ4v) is 2.17. The molecule has 3 rings (SSSR count). The average molecular weight is 264 g/mol. The van der Waals surface area contributed by atoms with Crippen LogP contribution in [0.3, 0.4) is 0 Å². The third kappa shape index (κ3) is 2.02. The van der Waals surface area contributed by atoms with Crippen LogP contribution in [0, 0.1) is 5.41 Å². The topological polar surface area (TPSA) is 76.6 Å². The normalized spacial score (nSPS) is 17.4. The van der Waals surface area contributed by atoms with Crippen molar-refractivity contribution in [2.24, 2.45) is 12.5 Å². The predicted molar refractivity (Wildman–Crippen MR) is 70.3 cm³/mol. The van der Waals surface area contributed by atoms with Crippen molar-refractivity contribution >= 4 is 16.8 Å². The maximum absolute atomic E-state index is 11.4. The highest BCUT2D eigenvalue weighted by Crippen LogP contribution is 2.27. The molecule has 1 fully saturated rings. The van der Waals surface area contributed by atoms with Crippen LogP contribution in [0.5, 0.6) is 0 Å². The van der Waals surface area contributed by atoms with Crippen LogP contribution in [-0.2, 0) is 11.8 Å². The molecular weight excluding hydrogens is 248 g/mol. The number of fused-ring (bicyclic) bond motifs is 1. The minimum atomic E-state index is -0.369. The molecule has 0 unspecified atom stereocenters. The molecule has 0 bridgehead atoms. The predicted octanol–water partition coefficient (Wildman–Crippen LogP) is 0.552. The van der Waals surface area contributed by atoms with Gasteiger partial charge in [-0.25, -0.2) is 4.79 Å². The molecule has 0 spiro atoms. The van der Waals surface area contributed by atoms with E-state index in [1.807, 2.05) is 12.1 Å². The van der Waals surface area contributed by atoms with E-state index in [0.717, 1.165) is 11.2 Å². The van der Waals surface area contributed by atoms with Crippen molar-refractivity contribution < 1.29 is 14.3 Å². The van der Waals surface area contributed by atoms with Gasteiger partial charge in [0.25, 0.3) is 0 Å². The highest BCUT2D eigenvalue weighted by molar-refractivity contribution is 5.77. The Morgan fingerprint density at radius 3 is 2.89 bits per heavy atom. The van der Waals surface area contributed by atoms with Gasteiger partial charge < -0.3 is 19.6 Å². The lowest BCUT2D eigenvalue weighted by Gasteiger charge is -2.40. The minimum Gasteiger partial charge on any atom is -0.408 e. The van der Waals surface area contributed by atoms with Crippen molar-refractivity contribution in [2.45, 2.75) is 0 Å². The number of benzene rings is 1. The summed E-state index contributed by atoms with van der Waals surface area (Å²) in [5, 5.41) is 12.6. The van der Waals surface area contributed by atoms with Gasteiger partial charge in [0.1, 0.15) is 0 Å². The fourth-order valence-electron chi connectivity index (χ4n) is 2.17. The van der Waals surface area contributed by atoms with Gasteiger partial charge in [-0.05, 0) is 18.2 Å². The lowest BCUT2D eigenvalue weighted by molar-refractivity contribution is -0.128. The number of aromatic nitrogens is 1. The van der Waals surface area contributed by atoms with E-state index in [4.69, 9.17) is 9.15 Å². The first-order chi connectivity index (χ1) is 9.13. The number of ether oxygens (including phenoxy) is 1. The third-order valence-corrected chi connectivity index (χ3v) is 3.61. The Morgan fingerprint density at radius 2 is 2.26 bits per heavy atom. The first-order valence-corrected chi connectivity index (χ1v) is 6.16. The largest absolute Gasteiger partial charge is 0.419 e. The number of anilines is 1. The molecule has 0 aliphatic carbocycles. The molecule has 1 aliphatic heterocycles. The number of nitrogens with one attached hydrogen (secondary N) is 1. The van der Waals surface area contributed by atoms with Gasteiger partial charge in [-0.15, -0.1) is 0 Å². The number of hydrogen-bond donors (Lipinski definition) is 2. The highest BCUT2D eigenvalue weighted by atomic mass is 16.5. The molecule has 0 amide bonds. The van der Waals surface area contributed by atoms with Gasteiger partial charge >= 0.3 is 5.76 Å². The summed E-state index contributed by atoms with van der Waals surface area (Å²) in [5.41, 5.74) is 2.03. The van der Waals surface area contributed by atoms with Crippen LogP contribution in [0.2, 0.25) is 0 Å². The third-order valence-electron chi connectivity index (χ3n) is 3.61. The Hall–Kier alpha value is -1.79. The minimum absolute atomic E-state index is 0.104. The molecule has 2 aromatic rings. The molecule has 0 saturated carbocycles. The number of aryl methyl sites for hydroxylation is 1. The number of aliphatic hydroxyl groups excluding tert-OH is 1.